The normalized spacial score (nSPS) is 24.7. The van der Waals surface area contributed by atoms with Crippen molar-refractivity contribution in [2.24, 2.45) is 0 Å². The molecular weight excluding hydrogens is 268 g/mol. The topological polar surface area (TPSA) is 66.8 Å². The molecule has 0 saturated heterocycles. The number of rotatable bonds is 4. The standard InChI is InChI=1S/C17H22O4/c1-11(2)6-5-7-12(3)8-9-13-10-14(18)17(21-4)16(20)15(13)19/h6,10,14,16-18,20H,3,5,7H2,1-2,4H3/t14-,16-,17-/m1/s1. The Morgan fingerprint density at radius 3 is 2.71 bits per heavy atom. The van der Waals surface area contributed by atoms with E-state index in [9.17, 15) is 15.0 Å². The third-order valence-electron chi connectivity index (χ3n) is 3.16. The smallest absolute Gasteiger partial charge is 0.202 e. The Hall–Kier alpha value is -1.67. The SMILES string of the molecule is C=C(C#CC1=C[C@@H](O)[C@@H](OC)[C@H](O)C1=O)CCC=C(C)C. The van der Waals surface area contributed by atoms with Gasteiger partial charge in [0.15, 0.2) is 0 Å². The van der Waals surface area contributed by atoms with Crippen molar-refractivity contribution in [3.05, 3.63) is 35.5 Å². The molecule has 0 radical (unpaired) electrons. The van der Waals surface area contributed by atoms with Gasteiger partial charge in [-0.3, -0.25) is 4.79 Å². The van der Waals surface area contributed by atoms with Crippen molar-refractivity contribution in [1.29, 1.82) is 0 Å². The number of hydrogen-bond donors (Lipinski definition) is 2. The quantitative estimate of drug-likeness (QED) is 0.609. The molecule has 0 amide bonds. The number of ketones is 1. The molecule has 1 rings (SSSR count). The molecule has 0 bridgehead atoms. The zero-order valence-corrected chi connectivity index (χ0v) is 12.7. The molecule has 0 aromatic rings. The monoisotopic (exact) mass is 290 g/mol. The Kier molecular flexibility index (Phi) is 6.57. The van der Waals surface area contributed by atoms with Gasteiger partial charge in [0.1, 0.15) is 18.3 Å². The van der Waals surface area contributed by atoms with Crippen LogP contribution in [0.4, 0.5) is 0 Å². The van der Waals surface area contributed by atoms with Gasteiger partial charge in [-0.2, -0.15) is 0 Å². The van der Waals surface area contributed by atoms with Crippen molar-refractivity contribution in [1.82, 2.24) is 0 Å². The van der Waals surface area contributed by atoms with Gasteiger partial charge < -0.3 is 14.9 Å². The molecule has 0 aromatic carbocycles. The molecule has 21 heavy (non-hydrogen) atoms. The molecule has 2 N–H and O–H groups in total. The van der Waals surface area contributed by atoms with E-state index in [1.165, 1.54) is 18.8 Å². The molecule has 1 aliphatic rings. The van der Waals surface area contributed by atoms with Gasteiger partial charge in [-0.15, -0.1) is 0 Å². The van der Waals surface area contributed by atoms with Crippen LogP contribution in [0.3, 0.4) is 0 Å². The van der Waals surface area contributed by atoms with Crippen molar-refractivity contribution >= 4 is 5.78 Å². The molecule has 4 nitrogen and oxygen atoms in total. The van der Waals surface area contributed by atoms with Crippen molar-refractivity contribution < 1.29 is 19.7 Å². The highest BCUT2D eigenvalue weighted by atomic mass is 16.5. The van der Waals surface area contributed by atoms with E-state index in [1.807, 2.05) is 13.8 Å². The minimum atomic E-state index is -1.39. The minimum absolute atomic E-state index is 0.103. The molecule has 0 unspecified atom stereocenters. The molecule has 0 fully saturated rings. The number of aliphatic hydroxyl groups is 2. The van der Waals surface area contributed by atoms with Crippen LogP contribution < -0.4 is 0 Å². The summed E-state index contributed by atoms with van der Waals surface area (Å²) < 4.78 is 4.90. The number of aliphatic hydroxyl groups excluding tert-OH is 2. The molecule has 4 heteroatoms. The van der Waals surface area contributed by atoms with E-state index >= 15 is 0 Å². The number of ether oxygens (including phenoxy) is 1. The average molecular weight is 290 g/mol. The molecule has 0 saturated carbocycles. The van der Waals surface area contributed by atoms with Crippen LogP contribution in [-0.4, -0.2) is 41.4 Å². The summed E-state index contributed by atoms with van der Waals surface area (Å²) in [5, 5.41) is 19.6. The second kappa shape index (κ2) is 7.94. The largest absolute Gasteiger partial charge is 0.386 e. The molecule has 0 aromatic heterocycles. The molecule has 3 atom stereocenters. The maximum Gasteiger partial charge on any atom is 0.202 e. The van der Waals surface area contributed by atoms with Gasteiger partial charge in [0.25, 0.3) is 0 Å². The molecule has 0 heterocycles. The first kappa shape index (κ1) is 17.4. The van der Waals surface area contributed by atoms with Crippen LogP contribution in [0.5, 0.6) is 0 Å². The fraction of sp³-hybridized carbons (Fsp3) is 0.471. The Morgan fingerprint density at radius 2 is 2.14 bits per heavy atom. The maximum absolute atomic E-state index is 11.9. The highest BCUT2D eigenvalue weighted by molar-refractivity contribution is 6.04. The number of methoxy groups -OCH3 is 1. The zero-order chi connectivity index (χ0) is 16.0. The van der Waals surface area contributed by atoms with Gasteiger partial charge in [-0.1, -0.05) is 30.1 Å². The molecule has 0 spiro atoms. The third-order valence-corrected chi connectivity index (χ3v) is 3.16. The summed E-state index contributed by atoms with van der Waals surface area (Å²) in [5.74, 6) is 4.95. The second-order valence-electron chi connectivity index (χ2n) is 5.25. The Balaban J connectivity index is 2.75. The highest BCUT2D eigenvalue weighted by Crippen LogP contribution is 2.18. The molecule has 114 valence electrons. The number of allylic oxidation sites excluding steroid dienone is 3. The number of hydrogen-bond acceptors (Lipinski definition) is 4. The van der Waals surface area contributed by atoms with Gasteiger partial charge in [0, 0.05) is 7.11 Å². The fourth-order valence-corrected chi connectivity index (χ4v) is 1.97. The number of carbonyl (C=O) groups is 1. The lowest BCUT2D eigenvalue weighted by Crippen LogP contribution is -2.46. The second-order valence-corrected chi connectivity index (χ2v) is 5.25. The summed E-state index contributed by atoms with van der Waals surface area (Å²) in [6.07, 6.45) is 1.59. The summed E-state index contributed by atoms with van der Waals surface area (Å²) in [5.41, 5.74) is 2.04. The summed E-state index contributed by atoms with van der Waals surface area (Å²) in [4.78, 5) is 11.9. The van der Waals surface area contributed by atoms with Gasteiger partial charge >= 0.3 is 0 Å². The minimum Gasteiger partial charge on any atom is -0.386 e. The van der Waals surface area contributed by atoms with Crippen LogP contribution in [-0.2, 0) is 9.53 Å². The molecule has 0 aliphatic heterocycles. The van der Waals surface area contributed by atoms with Crippen LogP contribution in [0, 0.1) is 11.8 Å². The lowest BCUT2D eigenvalue weighted by atomic mass is 9.91. The summed E-state index contributed by atoms with van der Waals surface area (Å²) in [6, 6.07) is 0. The van der Waals surface area contributed by atoms with E-state index in [0.29, 0.717) is 12.0 Å². The van der Waals surface area contributed by atoms with Crippen LogP contribution in [0.15, 0.2) is 35.5 Å². The van der Waals surface area contributed by atoms with E-state index in [-0.39, 0.29) is 5.57 Å². The van der Waals surface area contributed by atoms with Gasteiger partial charge in [0.05, 0.1) is 5.57 Å². The van der Waals surface area contributed by atoms with Crippen LogP contribution in [0.25, 0.3) is 0 Å². The van der Waals surface area contributed by atoms with Gasteiger partial charge in [0.2, 0.25) is 5.78 Å². The first-order valence-corrected chi connectivity index (χ1v) is 6.85. The van der Waals surface area contributed by atoms with E-state index in [0.717, 1.165) is 6.42 Å². The third kappa shape index (κ3) is 4.98. The highest BCUT2D eigenvalue weighted by Gasteiger charge is 2.37. The molecule has 1 aliphatic carbocycles. The summed E-state index contributed by atoms with van der Waals surface area (Å²) >= 11 is 0. The van der Waals surface area contributed by atoms with Crippen molar-refractivity contribution in [2.75, 3.05) is 7.11 Å². The average Bonchev–Trinajstić information content (AvgIpc) is 2.41. The Labute approximate surface area is 125 Å². The summed E-state index contributed by atoms with van der Waals surface area (Å²) in [6.45, 7) is 7.88. The summed E-state index contributed by atoms with van der Waals surface area (Å²) in [7, 11) is 1.33. The Bertz CT molecular complexity index is 527. The van der Waals surface area contributed by atoms with E-state index in [1.54, 1.807) is 0 Å². The first-order chi connectivity index (χ1) is 9.86. The maximum atomic E-state index is 11.9. The zero-order valence-electron chi connectivity index (χ0n) is 12.7. The van der Waals surface area contributed by atoms with Crippen LogP contribution in [0.2, 0.25) is 0 Å². The van der Waals surface area contributed by atoms with Crippen molar-refractivity contribution in [2.45, 2.75) is 45.0 Å². The van der Waals surface area contributed by atoms with Crippen LogP contribution in [0.1, 0.15) is 26.7 Å². The van der Waals surface area contributed by atoms with E-state index in [4.69, 9.17) is 4.74 Å². The predicted octanol–water partition coefficient (Wildman–Crippen LogP) is 1.54. The van der Waals surface area contributed by atoms with E-state index < -0.39 is 24.1 Å². The van der Waals surface area contributed by atoms with Crippen molar-refractivity contribution in [3.63, 3.8) is 0 Å². The van der Waals surface area contributed by atoms with E-state index in [2.05, 4.69) is 24.5 Å². The first-order valence-electron chi connectivity index (χ1n) is 6.85. The lowest BCUT2D eigenvalue weighted by molar-refractivity contribution is -0.137. The van der Waals surface area contributed by atoms with Gasteiger partial charge in [-0.05, 0) is 38.3 Å². The predicted molar refractivity (Wildman–Crippen MR) is 81.5 cm³/mol. The van der Waals surface area contributed by atoms with Crippen LogP contribution >= 0.6 is 0 Å². The van der Waals surface area contributed by atoms with Gasteiger partial charge in [-0.25, -0.2) is 0 Å². The molecular formula is C17H22O4. The fourth-order valence-electron chi connectivity index (χ4n) is 1.97. The number of carbonyl (C=O) groups excluding carboxylic acids is 1. The number of Topliss-reactive ketones (excluding diaryl/α,β-unsaturated/α-hetero) is 1. The Morgan fingerprint density at radius 1 is 1.48 bits per heavy atom. The van der Waals surface area contributed by atoms with Crippen molar-refractivity contribution in [3.8, 4) is 11.8 Å². The lowest BCUT2D eigenvalue weighted by Gasteiger charge is -2.27.